The molecule has 6 nitrogen and oxygen atoms in total. The monoisotopic (exact) mass is 320 g/mol. The van der Waals surface area contributed by atoms with E-state index in [1.54, 1.807) is 6.07 Å². The van der Waals surface area contributed by atoms with Gasteiger partial charge in [-0.15, -0.1) is 0 Å². The second-order valence-electron chi connectivity index (χ2n) is 5.70. The molecule has 1 aromatic carbocycles. The third-order valence-corrected chi connectivity index (χ3v) is 4.19. The number of phenols is 1. The Kier molecular flexibility index (Phi) is 5.13. The van der Waals surface area contributed by atoms with Crippen LogP contribution in [0.1, 0.15) is 40.0 Å². The van der Waals surface area contributed by atoms with Crippen LogP contribution in [0.2, 0.25) is 0 Å². The highest BCUT2D eigenvalue weighted by Gasteiger charge is 2.46. The molecule has 1 aliphatic rings. The summed E-state index contributed by atoms with van der Waals surface area (Å²) in [5.74, 6) is 0.0683. The minimum Gasteiger partial charge on any atom is -0.508 e. The van der Waals surface area contributed by atoms with Crippen molar-refractivity contribution in [3.05, 3.63) is 18.2 Å². The second-order valence-corrected chi connectivity index (χ2v) is 5.70. The Morgan fingerprint density at radius 1 is 1.30 bits per heavy atom. The zero-order valence-electron chi connectivity index (χ0n) is 13.9. The zero-order valence-corrected chi connectivity index (χ0v) is 13.9. The highest BCUT2D eigenvalue weighted by Crippen LogP contribution is 2.42. The molecule has 0 bridgehead atoms. The molecular weight excluding hydrogens is 296 g/mol. The van der Waals surface area contributed by atoms with Crippen LogP contribution in [-0.2, 0) is 9.59 Å². The van der Waals surface area contributed by atoms with Gasteiger partial charge in [-0.2, -0.15) is 0 Å². The van der Waals surface area contributed by atoms with Crippen molar-refractivity contribution >= 4 is 17.5 Å². The highest BCUT2D eigenvalue weighted by molar-refractivity contribution is 6.06. The van der Waals surface area contributed by atoms with Gasteiger partial charge in [0.25, 0.3) is 5.91 Å². The first-order valence-electron chi connectivity index (χ1n) is 8.08. The van der Waals surface area contributed by atoms with Gasteiger partial charge in [0, 0.05) is 12.6 Å². The number of benzene rings is 1. The lowest BCUT2D eigenvalue weighted by Crippen LogP contribution is -2.57. The number of fused-ring (bicyclic) bond motifs is 1. The second kappa shape index (κ2) is 6.89. The van der Waals surface area contributed by atoms with Gasteiger partial charge in [-0.05, 0) is 31.4 Å². The van der Waals surface area contributed by atoms with Crippen molar-refractivity contribution in [2.75, 3.05) is 18.0 Å². The first kappa shape index (κ1) is 17.1. The summed E-state index contributed by atoms with van der Waals surface area (Å²) >= 11 is 0. The smallest absolute Gasteiger partial charge is 0.271 e. The third kappa shape index (κ3) is 3.25. The van der Waals surface area contributed by atoms with E-state index in [2.05, 4.69) is 5.32 Å². The predicted octanol–water partition coefficient (Wildman–Crippen LogP) is 2.20. The van der Waals surface area contributed by atoms with Crippen molar-refractivity contribution in [2.24, 2.45) is 0 Å². The summed E-state index contributed by atoms with van der Waals surface area (Å²) in [5.41, 5.74) is -0.533. The number of hydrogen-bond acceptors (Lipinski definition) is 4. The van der Waals surface area contributed by atoms with E-state index >= 15 is 0 Å². The highest BCUT2D eigenvalue weighted by atomic mass is 16.5. The molecule has 0 spiro atoms. The predicted molar refractivity (Wildman–Crippen MR) is 87.7 cm³/mol. The Bertz CT molecular complexity index is 596. The summed E-state index contributed by atoms with van der Waals surface area (Å²) in [4.78, 5) is 26.4. The molecule has 0 saturated heterocycles. The maximum atomic E-state index is 12.9. The van der Waals surface area contributed by atoms with Gasteiger partial charge in [-0.3, -0.25) is 14.5 Å². The van der Waals surface area contributed by atoms with Gasteiger partial charge >= 0.3 is 0 Å². The number of amides is 2. The number of phenolic OH excluding ortho intramolecular Hbond substituents is 1. The van der Waals surface area contributed by atoms with Crippen molar-refractivity contribution in [3.8, 4) is 11.5 Å². The average molecular weight is 320 g/mol. The quantitative estimate of drug-likeness (QED) is 0.842. The molecule has 0 aromatic heterocycles. The fourth-order valence-corrected chi connectivity index (χ4v) is 2.73. The molecule has 0 unspecified atom stereocenters. The number of aromatic hydroxyl groups is 1. The van der Waals surface area contributed by atoms with Crippen LogP contribution < -0.4 is 15.0 Å². The van der Waals surface area contributed by atoms with E-state index in [0.717, 1.165) is 6.42 Å². The summed E-state index contributed by atoms with van der Waals surface area (Å²) in [7, 11) is 0. The largest absolute Gasteiger partial charge is 0.508 e. The molecule has 1 heterocycles. The minimum absolute atomic E-state index is 0.0274. The summed E-state index contributed by atoms with van der Waals surface area (Å²) in [6, 6.07) is 4.60. The van der Waals surface area contributed by atoms with Crippen LogP contribution in [0.4, 0.5) is 5.69 Å². The average Bonchev–Trinajstić information content (AvgIpc) is 2.56. The zero-order chi connectivity index (χ0) is 17.0. The van der Waals surface area contributed by atoms with E-state index in [4.69, 9.17) is 4.74 Å². The lowest BCUT2D eigenvalue weighted by atomic mass is 9.92. The molecule has 23 heavy (non-hydrogen) atoms. The van der Waals surface area contributed by atoms with Crippen LogP contribution in [0.5, 0.6) is 11.5 Å². The fraction of sp³-hybridized carbons (Fsp3) is 0.529. The lowest BCUT2D eigenvalue weighted by molar-refractivity contribution is -0.137. The number of hydrogen-bond donors (Lipinski definition) is 2. The van der Waals surface area contributed by atoms with Crippen LogP contribution in [0.3, 0.4) is 0 Å². The summed E-state index contributed by atoms with van der Waals surface area (Å²) in [6.07, 6.45) is 1.85. The molecule has 126 valence electrons. The summed E-state index contributed by atoms with van der Waals surface area (Å²) in [6.45, 7) is 6.23. The van der Waals surface area contributed by atoms with E-state index in [1.807, 2.05) is 20.8 Å². The van der Waals surface area contributed by atoms with Gasteiger partial charge in [-0.1, -0.05) is 20.8 Å². The molecule has 0 atom stereocenters. The standard InChI is InChI=1S/C17H24N2O4/c1-4-9-18-15(21)11-19-13-10-12(20)7-8-14(13)23-17(5-2,6-3)16(19)22/h7-8,10,20H,4-6,9,11H2,1-3H3,(H,18,21). The summed E-state index contributed by atoms with van der Waals surface area (Å²) in [5, 5.41) is 12.5. The number of rotatable bonds is 6. The van der Waals surface area contributed by atoms with Crippen LogP contribution in [0.15, 0.2) is 18.2 Å². The minimum atomic E-state index is -0.963. The van der Waals surface area contributed by atoms with Gasteiger partial charge in [0.05, 0.1) is 5.69 Å². The number of ether oxygens (including phenoxy) is 1. The maximum Gasteiger partial charge on any atom is 0.271 e. The number of anilines is 1. The van der Waals surface area contributed by atoms with Gasteiger partial charge in [-0.25, -0.2) is 0 Å². The van der Waals surface area contributed by atoms with Crippen LogP contribution in [-0.4, -0.2) is 35.6 Å². The van der Waals surface area contributed by atoms with Gasteiger partial charge in [0.1, 0.15) is 18.0 Å². The van der Waals surface area contributed by atoms with E-state index in [-0.39, 0.29) is 24.1 Å². The van der Waals surface area contributed by atoms with E-state index in [9.17, 15) is 14.7 Å². The molecule has 6 heteroatoms. The Balaban J connectivity index is 2.39. The van der Waals surface area contributed by atoms with Gasteiger partial charge < -0.3 is 15.2 Å². The Morgan fingerprint density at radius 2 is 2.00 bits per heavy atom. The molecule has 1 aliphatic heterocycles. The SMILES string of the molecule is CCCNC(=O)CN1C(=O)C(CC)(CC)Oc2ccc(O)cc21. The van der Waals surface area contributed by atoms with Crippen LogP contribution in [0, 0.1) is 0 Å². The summed E-state index contributed by atoms with van der Waals surface area (Å²) < 4.78 is 5.94. The molecule has 0 aliphatic carbocycles. The van der Waals surface area contributed by atoms with E-state index < -0.39 is 5.60 Å². The molecule has 0 radical (unpaired) electrons. The van der Waals surface area contributed by atoms with Gasteiger partial charge in [0.15, 0.2) is 5.60 Å². The Morgan fingerprint density at radius 3 is 2.61 bits per heavy atom. The van der Waals surface area contributed by atoms with E-state index in [1.165, 1.54) is 17.0 Å². The Labute approximate surface area is 136 Å². The number of nitrogens with zero attached hydrogens (tertiary/aromatic N) is 1. The topological polar surface area (TPSA) is 78.9 Å². The molecule has 2 amide bonds. The number of carbonyl (C=O) groups is 2. The molecule has 1 aromatic rings. The molecular formula is C17H24N2O4. The fourth-order valence-electron chi connectivity index (χ4n) is 2.73. The van der Waals surface area contributed by atoms with Crippen molar-refractivity contribution < 1.29 is 19.4 Å². The van der Waals surface area contributed by atoms with Crippen LogP contribution >= 0.6 is 0 Å². The molecule has 2 rings (SSSR count). The Hall–Kier alpha value is -2.24. The van der Waals surface area contributed by atoms with Crippen molar-refractivity contribution in [3.63, 3.8) is 0 Å². The first-order valence-corrected chi connectivity index (χ1v) is 8.08. The van der Waals surface area contributed by atoms with Crippen molar-refractivity contribution in [2.45, 2.75) is 45.6 Å². The van der Waals surface area contributed by atoms with Gasteiger partial charge in [0.2, 0.25) is 5.91 Å². The van der Waals surface area contributed by atoms with Crippen LogP contribution in [0.25, 0.3) is 0 Å². The third-order valence-electron chi connectivity index (χ3n) is 4.19. The number of nitrogens with one attached hydrogen (secondary N) is 1. The first-order chi connectivity index (χ1) is 11.0. The molecule has 0 fully saturated rings. The molecule has 0 saturated carbocycles. The normalized spacial score (nSPS) is 15.8. The maximum absolute atomic E-state index is 12.9. The van der Waals surface area contributed by atoms with E-state index in [0.29, 0.717) is 30.8 Å². The lowest BCUT2D eigenvalue weighted by Gasteiger charge is -2.41. The number of carbonyl (C=O) groups excluding carboxylic acids is 2. The molecule has 2 N–H and O–H groups in total. The van der Waals surface area contributed by atoms with Crippen molar-refractivity contribution in [1.29, 1.82) is 0 Å². The van der Waals surface area contributed by atoms with Crippen molar-refractivity contribution in [1.82, 2.24) is 5.32 Å².